The van der Waals surface area contributed by atoms with Crippen LogP contribution in [0.2, 0.25) is 5.28 Å². The fourth-order valence-corrected chi connectivity index (χ4v) is 2.11. The van der Waals surface area contributed by atoms with E-state index in [0.717, 1.165) is 22.6 Å². The largest absolute Gasteiger partial charge is 0.363 e. The number of nitrogens with one attached hydrogen (secondary N) is 2. The molecule has 0 radical (unpaired) electrons. The maximum absolute atomic E-state index is 5.81. The third kappa shape index (κ3) is 2.66. The minimum atomic E-state index is 0.243. The number of fused-ring (bicyclic) bond motifs is 1. The highest BCUT2D eigenvalue weighted by Gasteiger charge is 2.03. The third-order valence-corrected chi connectivity index (χ3v) is 2.87. The number of hydrogen-bond acceptors (Lipinski definition) is 4. The van der Waals surface area contributed by atoms with Crippen LogP contribution in [0, 0.1) is 6.92 Å². The van der Waals surface area contributed by atoms with E-state index in [4.69, 9.17) is 11.6 Å². The Morgan fingerprint density at radius 2 is 2.05 bits per heavy atom. The van der Waals surface area contributed by atoms with Gasteiger partial charge in [-0.15, -0.1) is 0 Å². The van der Waals surface area contributed by atoms with Crippen molar-refractivity contribution in [3.63, 3.8) is 0 Å². The van der Waals surface area contributed by atoms with Crippen LogP contribution in [0.3, 0.4) is 0 Å². The molecule has 0 amide bonds. The summed E-state index contributed by atoms with van der Waals surface area (Å²) in [5, 5.41) is 3.42. The van der Waals surface area contributed by atoms with Crippen LogP contribution in [-0.4, -0.2) is 19.9 Å². The quantitative estimate of drug-likeness (QED) is 0.720. The Morgan fingerprint density at radius 1 is 1.21 bits per heavy atom. The molecule has 0 aliphatic heterocycles. The molecule has 0 aliphatic rings. The van der Waals surface area contributed by atoms with Gasteiger partial charge in [-0.1, -0.05) is 12.1 Å². The lowest BCUT2D eigenvalue weighted by molar-refractivity contribution is 0.985. The van der Waals surface area contributed by atoms with Crippen LogP contribution in [0.25, 0.3) is 11.0 Å². The van der Waals surface area contributed by atoms with Crippen molar-refractivity contribution in [3.8, 4) is 0 Å². The number of aryl methyl sites for hydroxylation is 1. The number of benzene rings is 1. The van der Waals surface area contributed by atoms with Crippen LogP contribution >= 0.6 is 11.6 Å². The molecule has 1 aromatic carbocycles. The number of aromatic nitrogens is 4. The number of para-hydroxylation sites is 2. The highest BCUT2D eigenvalue weighted by molar-refractivity contribution is 6.28. The van der Waals surface area contributed by atoms with E-state index >= 15 is 0 Å². The summed E-state index contributed by atoms with van der Waals surface area (Å²) in [7, 11) is 0. The van der Waals surface area contributed by atoms with Gasteiger partial charge in [0.1, 0.15) is 11.6 Å². The van der Waals surface area contributed by atoms with Gasteiger partial charge < -0.3 is 10.3 Å². The van der Waals surface area contributed by atoms with Crippen LogP contribution in [0.5, 0.6) is 0 Å². The molecule has 5 nitrogen and oxygen atoms in total. The molecular formula is C13H12ClN5. The Labute approximate surface area is 115 Å². The second-order valence-electron chi connectivity index (χ2n) is 4.22. The molecule has 0 fully saturated rings. The van der Waals surface area contributed by atoms with E-state index in [9.17, 15) is 0 Å². The molecule has 96 valence electrons. The first-order valence-electron chi connectivity index (χ1n) is 5.89. The van der Waals surface area contributed by atoms with E-state index in [0.29, 0.717) is 12.4 Å². The Bertz CT molecular complexity index is 669. The van der Waals surface area contributed by atoms with Crippen molar-refractivity contribution in [2.75, 3.05) is 5.32 Å². The molecule has 0 bridgehead atoms. The second kappa shape index (κ2) is 4.85. The van der Waals surface area contributed by atoms with Crippen LogP contribution in [0.1, 0.15) is 11.5 Å². The summed E-state index contributed by atoms with van der Waals surface area (Å²) in [6.07, 6.45) is 0. The zero-order valence-corrected chi connectivity index (χ0v) is 11.1. The van der Waals surface area contributed by atoms with Crippen molar-refractivity contribution in [1.29, 1.82) is 0 Å². The van der Waals surface area contributed by atoms with Gasteiger partial charge >= 0.3 is 0 Å². The van der Waals surface area contributed by atoms with Crippen LogP contribution in [0.15, 0.2) is 30.3 Å². The van der Waals surface area contributed by atoms with Gasteiger partial charge in [0.2, 0.25) is 5.28 Å². The van der Waals surface area contributed by atoms with Gasteiger partial charge in [0.25, 0.3) is 0 Å². The minimum Gasteiger partial charge on any atom is -0.363 e. The Hall–Kier alpha value is -2.14. The number of rotatable bonds is 3. The molecule has 2 N–H and O–H groups in total. The van der Waals surface area contributed by atoms with Crippen molar-refractivity contribution >= 4 is 28.5 Å². The summed E-state index contributed by atoms with van der Waals surface area (Å²) in [5.74, 6) is 1.55. The molecule has 3 rings (SSSR count). The molecule has 3 aromatic rings. The van der Waals surface area contributed by atoms with E-state index < -0.39 is 0 Å². The molecule has 0 aliphatic carbocycles. The summed E-state index contributed by atoms with van der Waals surface area (Å²) in [4.78, 5) is 15.8. The number of imidazole rings is 1. The van der Waals surface area contributed by atoms with E-state index in [1.54, 1.807) is 0 Å². The monoisotopic (exact) mass is 273 g/mol. The molecule has 2 heterocycles. The highest BCUT2D eigenvalue weighted by atomic mass is 35.5. The van der Waals surface area contributed by atoms with Gasteiger partial charge in [0.05, 0.1) is 17.6 Å². The van der Waals surface area contributed by atoms with E-state index in [2.05, 4.69) is 25.3 Å². The highest BCUT2D eigenvalue weighted by Crippen LogP contribution is 2.13. The Morgan fingerprint density at radius 3 is 2.84 bits per heavy atom. The lowest BCUT2D eigenvalue weighted by Crippen LogP contribution is -2.04. The molecule has 0 unspecified atom stereocenters. The first-order valence-corrected chi connectivity index (χ1v) is 6.27. The Kier molecular flexibility index (Phi) is 3.05. The van der Waals surface area contributed by atoms with Crippen LogP contribution in [-0.2, 0) is 6.54 Å². The molecule has 2 aromatic heterocycles. The number of aromatic amines is 1. The molecule has 6 heteroatoms. The molecular weight excluding hydrogens is 262 g/mol. The van der Waals surface area contributed by atoms with Crippen molar-refractivity contribution < 1.29 is 0 Å². The van der Waals surface area contributed by atoms with Gasteiger partial charge in [-0.25, -0.2) is 15.0 Å². The number of anilines is 1. The summed E-state index contributed by atoms with van der Waals surface area (Å²) in [6, 6.07) is 9.76. The minimum absolute atomic E-state index is 0.243. The van der Waals surface area contributed by atoms with Gasteiger partial charge in [-0.3, -0.25) is 0 Å². The van der Waals surface area contributed by atoms with Crippen molar-refractivity contribution in [2.45, 2.75) is 13.5 Å². The number of nitrogens with zero attached hydrogens (tertiary/aromatic N) is 3. The van der Waals surface area contributed by atoms with E-state index in [-0.39, 0.29) is 5.28 Å². The standard InChI is InChI=1S/C13H12ClN5/c1-8-6-11(19-13(14)16-8)15-7-12-17-9-4-2-3-5-10(9)18-12/h2-6H,7H2,1H3,(H,17,18)(H,15,16,19). The average molecular weight is 274 g/mol. The van der Waals surface area contributed by atoms with Crippen molar-refractivity contribution in [1.82, 2.24) is 19.9 Å². The van der Waals surface area contributed by atoms with Gasteiger partial charge in [0.15, 0.2) is 0 Å². The SMILES string of the molecule is Cc1cc(NCc2nc3ccccc3[nH]2)nc(Cl)n1. The Balaban J connectivity index is 1.78. The maximum Gasteiger partial charge on any atom is 0.224 e. The van der Waals surface area contributed by atoms with Gasteiger partial charge in [-0.05, 0) is 30.7 Å². The van der Waals surface area contributed by atoms with Crippen LogP contribution < -0.4 is 5.32 Å². The topological polar surface area (TPSA) is 66.5 Å². The van der Waals surface area contributed by atoms with E-state index in [1.165, 1.54) is 0 Å². The summed E-state index contributed by atoms with van der Waals surface area (Å²) in [6.45, 7) is 2.43. The lowest BCUT2D eigenvalue weighted by Gasteiger charge is -2.04. The fraction of sp³-hybridized carbons (Fsp3) is 0.154. The van der Waals surface area contributed by atoms with Crippen molar-refractivity contribution in [3.05, 3.63) is 47.1 Å². The predicted octanol–water partition coefficient (Wildman–Crippen LogP) is 2.93. The predicted molar refractivity (Wildman–Crippen MR) is 75.2 cm³/mol. The number of hydrogen-bond donors (Lipinski definition) is 2. The summed E-state index contributed by atoms with van der Waals surface area (Å²) < 4.78 is 0. The fourth-order valence-electron chi connectivity index (χ4n) is 1.89. The number of halogens is 1. The smallest absolute Gasteiger partial charge is 0.224 e. The second-order valence-corrected chi connectivity index (χ2v) is 4.56. The first kappa shape index (κ1) is 11.9. The first-order chi connectivity index (χ1) is 9.20. The summed E-state index contributed by atoms with van der Waals surface area (Å²) in [5.41, 5.74) is 2.81. The van der Waals surface area contributed by atoms with Crippen molar-refractivity contribution in [2.24, 2.45) is 0 Å². The average Bonchev–Trinajstić information content (AvgIpc) is 2.78. The summed E-state index contributed by atoms with van der Waals surface area (Å²) >= 11 is 5.81. The van der Waals surface area contributed by atoms with Gasteiger partial charge in [-0.2, -0.15) is 0 Å². The zero-order valence-electron chi connectivity index (χ0n) is 10.3. The number of H-pyrrole nitrogens is 1. The molecule has 0 saturated heterocycles. The van der Waals surface area contributed by atoms with Gasteiger partial charge in [0, 0.05) is 11.8 Å². The zero-order chi connectivity index (χ0) is 13.2. The van der Waals surface area contributed by atoms with Crippen LogP contribution in [0.4, 0.5) is 5.82 Å². The van der Waals surface area contributed by atoms with E-state index in [1.807, 2.05) is 37.3 Å². The molecule has 0 atom stereocenters. The molecule has 19 heavy (non-hydrogen) atoms. The molecule has 0 saturated carbocycles. The molecule has 0 spiro atoms. The normalized spacial score (nSPS) is 10.8. The lowest BCUT2D eigenvalue weighted by atomic mass is 10.3. The third-order valence-electron chi connectivity index (χ3n) is 2.70. The maximum atomic E-state index is 5.81.